The molecule has 1 N–H and O–H groups in total. The average molecular weight is 258 g/mol. The highest BCUT2D eigenvalue weighted by atomic mass is 35.5. The van der Waals surface area contributed by atoms with E-state index in [0.717, 1.165) is 0 Å². The molecule has 1 unspecified atom stereocenters. The SMILES string of the molecule is Cn1nncc1C(O)c1c(Cl)cccc1Cl. The molecule has 0 aliphatic rings. The van der Waals surface area contributed by atoms with E-state index in [4.69, 9.17) is 23.2 Å². The van der Waals surface area contributed by atoms with Gasteiger partial charge >= 0.3 is 0 Å². The molecule has 0 saturated carbocycles. The third kappa shape index (κ3) is 1.91. The van der Waals surface area contributed by atoms with E-state index >= 15 is 0 Å². The summed E-state index contributed by atoms with van der Waals surface area (Å²) in [7, 11) is 1.69. The molecule has 0 fully saturated rings. The van der Waals surface area contributed by atoms with Crippen LogP contribution in [-0.4, -0.2) is 20.1 Å². The fourth-order valence-corrected chi connectivity index (χ4v) is 2.07. The van der Waals surface area contributed by atoms with Crippen molar-refractivity contribution in [3.8, 4) is 0 Å². The van der Waals surface area contributed by atoms with Gasteiger partial charge in [0.15, 0.2) is 0 Å². The second-order valence-corrected chi connectivity index (χ2v) is 4.13. The van der Waals surface area contributed by atoms with Gasteiger partial charge in [-0.15, -0.1) is 5.10 Å². The van der Waals surface area contributed by atoms with E-state index in [1.54, 1.807) is 25.2 Å². The Morgan fingerprint density at radius 3 is 2.44 bits per heavy atom. The van der Waals surface area contributed by atoms with Crippen LogP contribution in [0, 0.1) is 0 Å². The fourth-order valence-electron chi connectivity index (χ4n) is 1.47. The first-order valence-electron chi connectivity index (χ1n) is 4.58. The number of aliphatic hydroxyl groups is 1. The van der Waals surface area contributed by atoms with Crippen LogP contribution in [-0.2, 0) is 7.05 Å². The summed E-state index contributed by atoms with van der Waals surface area (Å²) in [5, 5.41) is 18.4. The fraction of sp³-hybridized carbons (Fsp3) is 0.200. The highest BCUT2D eigenvalue weighted by Crippen LogP contribution is 2.33. The predicted molar refractivity (Wildman–Crippen MR) is 61.5 cm³/mol. The van der Waals surface area contributed by atoms with Gasteiger partial charge in [0.05, 0.1) is 11.9 Å². The van der Waals surface area contributed by atoms with E-state index in [2.05, 4.69) is 10.3 Å². The minimum absolute atomic E-state index is 0.418. The smallest absolute Gasteiger partial charge is 0.125 e. The first-order valence-corrected chi connectivity index (χ1v) is 5.33. The Morgan fingerprint density at radius 1 is 1.31 bits per heavy atom. The molecule has 1 atom stereocenters. The van der Waals surface area contributed by atoms with E-state index in [1.807, 2.05) is 0 Å². The second kappa shape index (κ2) is 4.41. The molecule has 0 bridgehead atoms. The molecular formula is C10H9Cl2N3O. The zero-order valence-corrected chi connectivity index (χ0v) is 9.94. The van der Waals surface area contributed by atoms with Crippen LogP contribution in [0.3, 0.4) is 0 Å². The lowest BCUT2D eigenvalue weighted by Gasteiger charge is -2.13. The third-order valence-corrected chi connectivity index (χ3v) is 2.96. The van der Waals surface area contributed by atoms with Gasteiger partial charge < -0.3 is 5.11 Å². The minimum atomic E-state index is -0.929. The van der Waals surface area contributed by atoms with Crippen molar-refractivity contribution in [2.24, 2.45) is 7.05 Å². The van der Waals surface area contributed by atoms with E-state index in [-0.39, 0.29) is 0 Å². The molecule has 6 heteroatoms. The van der Waals surface area contributed by atoms with Crippen LogP contribution in [0.25, 0.3) is 0 Å². The Balaban J connectivity index is 2.49. The zero-order valence-electron chi connectivity index (χ0n) is 8.43. The number of aromatic nitrogens is 3. The largest absolute Gasteiger partial charge is 0.382 e. The van der Waals surface area contributed by atoms with Gasteiger partial charge in [-0.05, 0) is 12.1 Å². The number of hydrogen-bond donors (Lipinski definition) is 1. The molecule has 0 radical (unpaired) electrons. The highest BCUT2D eigenvalue weighted by molar-refractivity contribution is 6.36. The van der Waals surface area contributed by atoms with Gasteiger partial charge in [0, 0.05) is 22.7 Å². The number of aliphatic hydroxyl groups excluding tert-OH is 1. The number of aryl methyl sites for hydroxylation is 1. The van der Waals surface area contributed by atoms with Crippen molar-refractivity contribution in [3.05, 3.63) is 45.7 Å². The van der Waals surface area contributed by atoms with Crippen molar-refractivity contribution in [2.45, 2.75) is 6.10 Å². The Bertz CT molecular complexity index is 492. The molecule has 84 valence electrons. The highest BCUT2D eigenvalue weighted by Gasteiger charge is 2.20. The Labute approximate surface area is 102 Å². The molecule has 0 aliphatic heterocycles. The maximum Gasteiger partial charge on any atom is 0.125 e. The van der Waals surface area contributed by atoms with Gasteiger partial charge in [0.25, 0.3) is 0 Å². The number of benzene rings is 1. The first kappa shape index (κ1) is 11.4. The summed E-state index contributed by atoms with van der Waals surface area (Å²) in [5.74, 6) is 0. The summed E-state index contributed by atoms with van der Waals surface area (Å²) in [6.45, 7) is 0. The number of hydrogen-bond acceptors (Lipinski definition) is 3. The van der Waals surface area contributed by atoms with Crippen LogP contribution in [0.2, 0.25) is 10.0 Å². The maximum absolute atomic E-state index is 10.2. The quantitative estimate of drug-likeness (QED) is 0.898. The van der Waals surface area contributed by atoms with E-state index in [1.165, 1.54) is 10.9 Å². The van der Waals surface area contributed by atoms with Gasteiger partial charge in [0.2, 0.25) is 0 Å². The van der Waals surface area contributed by atoms with Crippen LogP contribution < -0.4 is 0 Å². The topological polar surface area (TPSA) is 50.9 Å². The summed E-state index contributed by atoms with van der Waals surface area (Å²) in [6.07, 6.45) is 0.547. The molecule has 0 saturated heterocycles. The molecule has 1 aromatic carbocycles. The van der Waals surface area contributed by atoms with Gasteiger partial charge in [-0.2, -0.15) is 0 Å². The van der Waals surface area contributed by atoms with Crippen molar-refractivity contribution < 1.29 is 5.11 Å². The molecule has 0 spiro atoms. The predicted octanol–water partition coefficient (Wildman–Crippen LogP) is 2.20. The van der Waals surface area contributed by atoms with E-state index in [0.29, 0.717) is 21.3 Å². The average Bonchev–Trinajstić information content (AvgIpc) is 2.64. The van der Waals surface area contributed by atoms with Crippen LogP contribution in [0.5, 0.6) is 0 Å². The van der Waals surface area contributed by atoms with Crippen LogP contribution >= 0.6 is 23.2 Å². The first-order chi connectivity index (χ1) is 7.61. The lowest BCUT2D eigenvalue weighted by molar-refractivity contribution is 0.210. The van der Waals surface area contributed by atoms with Crippen molar-refractivity contribution in [1.82, 2.24) is 15.0 Å². The molecule has 0 aliphatic carbocycles. The molecule has 1 aromatic heterocycles. The Kier molecular flexibility index (Phi) is 3.14. The van der Waals surface area contributed by atoms with Gasteiger partial charge in [-0.3, -0.25) is 0 Å². The van der Waals surface area contributed by atoms with Gasteiger partial charge in [-0.1, -0.05) is 34.5 Å². The molecular weight excluding hydrogens is 249 g/mol. The minimum Gasteiger partial charge on any atom is -0.382 e. The number of halogens is 2. The molecule has 16 heavy (non-hydrogen) atoms. The van der Waals surface area contributed by atoms with Gasteiger partial charge in [-0.25, -0.2) is 4.68 Å². The summed E-state index contributed by atoms with van der Waals surface area (Å²) >= 11 is 12.0. The van der Waals surface area contributed by atoms with E-state index in [9.17, 15) is 5.11 Å². The monoisotopic (exact) mass is 257 g/mol. The lowest BCUT2D eigenvalue weighted by Crippen LogP contribution is -2.07. The van der Waals surface area contributed by atoms with Crippen molar-refractivity contribution in [2.75, 3.05) is 0 Å². The summed E-state index contributed by atoms with van der Waals surface area (Å²) in [6, 6.07) is 5.08. The zero-order chi connectivity index (χ0) is 11.7. The summed E-state index contributed by atoms with van der Waals surface area (Å²) in [4.78, 5) is 0. The van der Waals surface area contributed by atoms with Crippen LogP contribution in [0.15, 0.2) is 24.4 Å². The standard InChI is InChI=1S/C10H9Cl2N3O/c1-15-8(5-13-14-15)10(16)9-6(11)3-2-4-7(9)12/h2-5,10,16H,1H3. The van der Waals surface area contributed by atoms with Crippen molar-refractivity contribution >= 4 is 23.2 Å². The van der Waals surface area contributed by atoms with Crippen molar-refractivity contribution in [3.63, 3.8) is 0 Å². The molecule has 2 rings (SSSR count). The normalized spacial score (nSPS) is 12.8. The lowest BCUT2D eigenvalue weighted by atomic mass is 10.1. The second-order valence-electron chi connectivity index (χ2n) is 3.32. The van der Waals surface area contributed by atoms with Crippen molar-refractivity contribution in [1.29, 1.82) is 0 Å². The Morgan fingerprint density at radius 2 is 1.94 bits per heavy atom. The van der Waals surface area contributed by atoms with E-state index < -0.39 is 6.10 Å². The summed E-state index contributed by atoms with van der Waals surface area (Å²) in [5.41, 5.74) is 1.01. The molecule has 0 amide bonds. The molecule has 1 heterocycles. The maximum atomic E-state index is 10.2. The summed E-state index contributed by atoms with van der Waals surface area (Å²) < 4.78 is 1.48. The third-order valence-electron chi connectivity index (χ3n) is 2.30. The number of rotatable bonds is 2. The van der Waals surface area contributed by atoms with Crippen LogP contribution in [0.4, 0.5) is 0 Å². The number of nitrogens with zero attached hydrogens (tertiary/aromatic N) is 3. The van der Waals surface area contributed by atoms with Gasteiger partial charge in [0.1, 0.15) is 6.10 Å². The Hall–Kier alpha value is -1.10. The van der Waals surface area contributed by atoms with Crippen LogP contribution in [0.1, 0.15) is 17.4 Å². The molecule has 4 nitrogen and oxygen atoms in total. The molecule has 2 aromatic rings.